The van der Waals surface area contributed by atoms with Crippen LogP contribution in [0.15, 0.2) is 84.1 Å². The minimum Gasteiger partial charge on any atom is -0.357 e. The first-order chi connectivity index (χ1) is 16.5. The van der Waals surface area contributed by atoms with Crippen LogP contribution >= 0.6 is 11.6 Å². The van der Waals surface area contributed by atoms with Crippen molar-refractivity contribution in [2.75, 3.05) is 10.2 Å². The monoisotopic (exact) mass is 470 g/mol. The lowest BCUT2D eigenvalue weighted by Gasteiger charge is -2.35. The molecule has 5 heteroatoms. The molecule has 0 aromatic heterocycles. The van der Waals surface area contributed by atoms with Crippen molar-refractivity contribution in [3.05, 3.63) is 106 Å². The first-order valence-corrected chi connectivity index (χ1v) is 12.1. The minimum atomic E-state index is -0.480. The predicted molar refractivity (Wildman–Crippen MR) is 137 cm³/mol. The van der Waals surface area contributed by atoms with E-state index in [1.54, 1.807) is 0 Å². The van der Waals surface area contributed by atoms with Gasteiger partial charge in [0.2, 0.25) is 5.91 Å². The Bertz CT molecular complexity index is 1300. The first kappa shape index (κ1) is 22.4. The number of Topliss-reactive ketones (excluding diaryl/α,β-unsaturated/α-hetero) is 1. The molecule has 0 spiro atoms. The molecule has 1 N–H and O–H groups in total. The van der Waals surface area contributed by atoms with Gasteiger partial charge in [0.15, 0.2) is 5.78 Å². The summed E-state index contributed by atoms with van der Waals surface area (Å²) in [6.07, 6.45) is 1.40. The number of para-hydroxylation sites is 2. The smallest absolute Gasteiger partial charge is 0.227 e. The lowest BCUT2D eigenvalue weighted by atomic mass is 9.78. The fourth-order valence-electron chi connectivity index (χ4n) is 5.10. The molecule has 1 amide bonds. The van der Waals surface area contributed by atoms with E-state index in [9.17, 15) is 9.59 Å². The van der Waals surface area contributed by atoms with E-state index in [1.807, 2.05) is 91.5 Å². The Labute approximate surface area is 205 Å². The average Bonchev–Trinajstić information content (AvgIpc) is 2.98. The Morgan fingerprint density at radius 1 is 1.00 bits per heavy atom. The summed E-state index contributed by atoms with van der Waals surface area (Å²) in [5, 5.41) is 4.23. The fraction of sp³-hybridized carbons (Fsp3) is 0.241. The summed E-state index contributed by atoms with van der Waals surface area (Å²) in [5.74, 6) is 0.0704. The number of amides is 1. The standard InChI is InChI=1S/C29H27ClN2O2/c1-3-27(34)32-25-10-5-4-9-23(25)31-24-16-21(20-7-6-8-22(30)15-20)17-26(33)28(24)29(32)19-13-11-18(2)12-14-19/h4-15,21,29,31H,3,16-17H2,1-2H3/t21-,29-/m0/s1. The lowest BCUT2D eigenvalue weighted by Crippen LogP contribution is -2.38. The van der Waals surface area contributed by atoms with E-state index in [0.29, 0.717) is 29.9 Å². The molecule has 1 heterocycles. The van der Waals surface area contributed by atoms with Crippen LogP contribution in [0.4, 0.5) is 11.4 Å². The summed E-state index contributed by atoms with van der Waals surface area (Å²) in [6, 6.07) is 23.2. The van der Waals surface area contributed by atoms with Gasteiger partial charge in [-0.05, 0) is 54.7 Å². The molecule has 4 nitrogen and oxygen atoms in total. The minimum absolute atomic E-state index is 0.0154. The van der Waals surface area contributed by atoms with E-state index < -0.39 is 6.04 Å². The van der Waals surface area contributed by atoms with Crippen molar-refractivity contribution in [2.45, 2.75) is 45.1 Å². The number of carbonyl (C=O) groups excluding carboxylic acids is 2. The number of hydrogen-bond acceptors (Lipinski definition) is 3. The van der Waals surface area contributed by atoms with Crippen LogP contribution in [-0.4, -0.2) is 11.7 Å². The van der Waals surface area contributed by atoms with E-state index >= 15 is 0 Å². The predicted octanol–water partition coefficient (Wildman–Crippen LogP) is 6.96. The van der Waals surface area contributed by atoms with Crippen LogP contribution in [-0.2, 0) is 9.59 Å². The largest absolute Gasteiger partial charge is 0.357 e. The zero-order valence-electron chi connectivity index (χ0n) is 19.3. The summed E-state index contributed by atoms with van der Waals surface area (Å²) in [4.78, 5) is 29.0. The molecule has 1 aliphatic heterocycles. The highest BCUT2D eigenvalue weighted by atomic mass is 35.5. The van der Waals surface area contributed by atoms with Crippen molar-refractivity contribution in [1.82, 2.24) is 0 Å². The van der Waals surface area contributed by atoms with Gasteiger partial charge < -0.3 is 5.32 Å². The molecule has 0 unspecified atom stereocenters. The number of nitrogens with zero attached hydrogens (tertiary/aromatic N) is 1. The Morgan fingerprint density at radius 2 is 1.76 bits per heavy atom. The van der Waals surface area contributed by atoms with Gasteiger partial charge in [-0.2, -0.15) is 0 Å². The average molecular weight is 471 g/mol. The normalized spacial score (nSPS) is 19.7. The van der Waals surface area contributed by atoms with E-state index in [2.05, 4.69) is 5.32 Å². The van der Waals surface area contributed by atoms with Gasteiger partial charge in [-0.1, -0.05) is 72.6 Å². The maximum Gasteiger partial charge on any atom is 0.227 e. The summed E-state index contributed by atoms with van der Waals surface area (Å²) < 4.78 is 0. The summed E-state index contributed by atoms with van der Waals surface area (Å²) in [5.41, 5.74) is 6.32. The number of fused-ring (bicyclic) bond motifs is 1. The molecule has 0 fully saturated rings. The SMILES string of the molecule is CCC(=O)N1c2ccccc2NC2=C(C(=O)C[C@@H](c3cccc(Cl)c3)C2)[C@@H]1c1ccc(C)cc1. The second-order valence-corrected chi connectivity index (χ2v) is 9.48. The number of benzene rings is 3. The van der Waals surface area contributed by atoms with E-state index in [-0.39, 0.29) is 17.6 Å². The highest BCUT2D eigenvalue weighted by Crippen LogP contribution is 2.47. The molecule has 0 saturated heterocycles. The summed E-state index contributed by atoms with van der Waals surface area (Å²) in [6.45, 7) is 3.90. The van der Waals surface area contributed by atoms with E-state index in [1.165, 1.54) is 0 Å². The molecule has 34 heavy (non-hydrogen) atoms. The van der Waals surface area contributed by atoms with Gasteiger partial charge >= 0.3 is 0 Å². The lowest BCUT2D eigenvalue weighted by molar-refractivity contribution is -0.119. The third-order valence-corrected chi connectivity index (χ3v) is 7.01. The number of allylic oxidation sites excluding steroid dienone is 1. The van der Waals surface area contributed by atoms with Gasteiger partial charge in [0.25, 0.3) is 0 Å². The van der Waals surface area contributed by atoms with Gasteiger partial charge in [0.05, 0.1) is 17.4 Å². The van der Waals surface area contributed by atoms with Crippen molar-refractivity contribution in [2.24, 2.45) is 0 Å². The van der Waals surface area contributed by atoms with Crippen LogP contribution in [0.2, 0.25) is 5.02 Å². The number of carbonyl (C=O) groups is 2. The van der Waals surface area contributed by atoms with Crippen LogP contribution in [0, 0.1) is 6.92 Å². The van der Waals surface area contributed by atoms with E-state index in [4.69, 9.17) is 11.6 Å². The number of rotatable bonds is 3. The van der Waals surface area contributed by atoms with Crippen LogP contribution < -0.4 is 10.2 Å². The zero-order chi connectivity index (χ0) is 23.8. The molecule has 5 rings (SSSR count). The molecule has 0 radical (unpaired) electrons. The third kappa shape index (κ3) is 4.03. The molecule has 2 aliphatic rings. The third-order valence-electron chi connectivity index (χ3n) is 6.77. The van der Waals surface area contributed by atoms with Crippen molar-refractivity contribution >= 4 is 34.7 Å². The van der Waals surface area contributed by atoms with Gasteiger partial charge in [0, 0.05) is 29.1 Å². The van der Waals surface area contributed by atoms with Crippen molar-refractivity contribution in [1.29, 1.82) is 0 Å². The number of aryl methyl sites for hydroxylation is 1. The Balaban J connectivity index is 1.70. The van der Waals surface area contributed by atoms with Crippen molar-refractivity contribution < 1.29 is 9.59 Å². The number of ketones is 1. The summed E-state index contributed by atoms with van der Waals surface area (Å²) >= 11 is 6.26. The van der Waals surface area contributed by atoms with Crippen LogP contribution in [0.25, 0.3) is 0 Å². The Morgan fingerprint density at radius 3 is 2.50 bits per heavy atom. The molecule has 2 atom stereocenters. The quantitative estimate of drug-likeness (QED) is 0.450. The molecule has 0 saturated carbocycles. The second-order valence-electron chi connectivity index (χ2n) is 9.05. The molecule has 1 aliphatic carbocycles. The van der Waals surface area contributed by atoms with Crippen LogP contribution in [0.1, 0.15) is 54.8 Å². The number of hydrogen-bond donors (Lipinski definition) is 1. The highest BCUT2D eigenvalue weighted by molar-refractivity contribution is 6.30. The van der Waals surface area contributed by atoms with Crippen LogP contribution in [0.3, 0.4) is 0 Å². The van der Waals surface area contributed by atoms with Crippen molar-refractivity contribution in [3.8, 4) is 0 Å². The Hall–Kier alpha value is -3.37. The molecule has 172 valence electrons. The number of nitrogens with one attached hydrogen (secondary N) is 1. The molecule has 3 aromatic carbocycles. The zero-order valence-corrected chi connectivity index (χ0v) is 20.1. The fourth-order valence-corrected chi connectivity index (χ4v) is 5.29. The van der Waals surface area contributed by atoms with Gasteiger partial charge in [0.1, 0.15) is 0 Å². The highest BCUT2D eigenvalue weighted by Gasteiger charge is 2.41. The summed E-state index contributed by atoms with van der Waals surface area (Å²) in [7, 11) is 0. The molecular formula is C29H27ClN2O2. The maximum absolute atomic E-state index is 13.8. The number of anilines is 2. The Kier molecular flexibility index (Phi) is 6.01. The van der Waals surface area contributed by atoms with Gasteiger partial charge in [-0.3, -0.25) is 14.5 Å². The molecule has 0 bridgehead atoms. The molecular weight excluding hydrogens is 444 g/mol. The molecule has 3 aromatic rings. The van der Waals surface area contributed by atoms with Gasteiger partial charge in [-0.25, -0.2) is 0 Å². The maximum atomic E-state index is 13.8. The second kappa shape index (κ2) is 9.11. The topological polar surface area (TPSA) is 49.4 Å². The number of halogens is 1. The van der Waals surface area contributed by atoms with E-state index in [0.717, 1.165) is 33.8 Å². The van der Waals surface area contributed by atoms with Crippen molar-refractivity contribution in [3.63, 3.8) is 0 Å². The first-order valence-electron chi connectivity index (χ1n) is 11.7. The van der Waals surface area contributed by atoms with Crippen LogP contribution in [0.5, 0.6) is 0 Å². The van der Waals surface area contributed by atoms with Gasteiger partial charge in [-0.15, -0.1) is 0 Å².